The lowest BCUT2D eigenvalue weighted by atomic mass is 10.2. The number of ether oxygens (including phenoxy) is 2. The Morgan fingerprint density at radius 3 is 2.37 bits per heavy atom. The van der Waals surface area contributed by atoms with Crippen molar-refractivity contribution in [3.8, 4) is 11.5 Å². The Bertz CT molecular complexity index is 713. The van der Waals surface area contributed by atoms with Gasteiger partial charge in [0, 0.05) is 19.9 Å². The van der Waals surface area contributed by atoms with Crippen LogP contribution in [0.1, 0.15) is 13.8 Å². The van der Waals surface area contributed by atoms with E-state index < -0.39 is 17.6 Å². The van der Waals surface area contributed by atoms with E-state index in [1.54, 1.807) is 0 Å². The zero-order valence-corrected chi connectivity index (χ0v) is 10.3. The molecule has 6 heteroatoms. The van der Waals surface area contributed by atoms with Gasteiger partial charge in [0.1, 0.15) is 17.1 Å². The summed E-state index contributed by atoms with van der Waals surface area (Å²) in [7, 11) is 0. The fourth-order valence-electron chi connectivity index (χ4n) is 1.58. The lowest BCUT2D eigenvalue weighted by Crippen LogP contribution is -2.06. The lowest BCUT2D eigenvalue weighted by molar-refractivity contribution is -0.132. The maximum atomic E-state index is 11.4. The molecule has 0 bridgehead atoms. The first-order valence-corrected chi connectivity index (χ1v) is 5.40. The number of hydrogen-bond acceptors (Lipinski definition) is 6. The third kappa shape index (κ3) is 2.98. The average molecular weight is 262 g/mol. The van der Waals surface area contributed by atoms with Crippen molar-refractivity contribution >= 4 is 22.9 Å². The van der Waals surface area contributed by atoms with Gasteiger partial charge in [-0.25, -0.2) is 4.79 Å². The molecular weight excluding hydrogens is 252 g/mol. The maximum absolute atomic E-state index is 11.4. The summed E-state index contributed by atoms with van der Waals surface area (Å²) >= 11 is 0. The number of carbonyl (C=O) groups is 2. The summed E-state index contributed by atoms with van der Waals surface area (Å²) in [5.41, 5.74) is -0.494. The smallest absolute Gasteiger partial charge is 0.339 e. The molecule has 0 amide bonds. The highest BCUT2D eigenvalue weighted by molar-refractivity contribution is 5.87. The van der Waals surface area contributed by atoms with Crippen molar-refractivity contribution in [2.75, 3.05) is 0 Å². The van der Waals surface area contributed by atoms with Gasteiger partial charge in [-0.15, -0.1) is 0 Å². The number of esters is 2. The van der Waals surface area contributed by atoms with Crippen LogP contribution < -0.4 is 15.1 Å². The second-order valence-corrected chi connectivity index (χ2v) is 3.77. The molecule has 1 aromatic heterocycles. The van der Waals surface area contributed by atoms with Crippen LogP contribution in [-0.2, 0) is 9.59 Å². The summed E-state index contributed by atoms with van der Waals surface area (Å²) in [6.45, 7) is 2.49. The van der Waals surface area contributed by atoms with Crippen molar-refractivity contribution in [3.63, 3.8) is 0 Å². The van der Waals surface area contributed by atoms with E-state index in [-0.39, 0.29) is 17.1 Å². The largest absolute Gasteiger partial charge is 0.427 e. The van der Waals surface area contributed by atoms with Crippen LogP contribution in [0.2, 0.25) is 0 Å². The normalized spacial score (nSPS) is 10.2. The van der Waals surface area contributed by atoms with Gasteiger partial charge in [0.15, 0.2) is 0 Å². The molecule has 0 unspecified atom stereocenters. The minimum Gasteiger partial charge on any atom is -0.427 e. The highest BCUT2D eigenvalue weighted by Crippen LogP contribution is 2.27. The van der Waals surface area contributed by atoms with Crippen LogP contribution in [0.25, 0.3) is 11.0 Å². The molecule has 0 spiro atoms. The van der Waals surface area contributed by atoms with Gasteiger partial charge in [0.05, 0.1) is 11.5 Å². The van der Waals surface area contributed by atoms with E-state index in [1.807, 2.05) is 0 Å². The Labute approximate surface area is 107 Å². The van der Waals surface area contributed by atoms with Crippen molar-refractivity contribution in [1.29, 1.82) is 0 Å². The molecule has 0 saturated heterocycles. The van der Waals surface area contributed by atoms with Crippen molar-refractivity contribution in [1.82, 2.24) is 0 Å². The summed E-state index contributed by atoms with van der Waals surface area (Å²) in [4.78, 5) is 33.2. The minimum atomic E-state index is -0.663. The molecule has 0 aliphatic carbocycles. The second-order valence-electron chi connectivity index (χ2n) is 3.77. The standard InChI is InChI=1S/C13H10O6/c1-7(14)17-9-3-4-10-11(5-9)19-13(16)6-12(10)18-8(2)15/h3-6H,1-2H3. The predicted molar refractivity (Wildman–Crippen MR) is 65.1 cm³/mol. The van der Waals surface area contributed by atoms with Crippen LogP contribution in [-0.4, -0.2) is 11.9 Å². The van der Waals surface area contributed by atoms with Crippen LogP contribution >= 0.6 is 0 Å². The third-order valence-corrected chi connectivity index (χ3v) is 2.19. The van der Waals surface area contributed by atoms with Gasteiger partial charge < -0.3 is 13.9 Å². The number of carbonyl (C=O) groups excluding carboxylic acids is 2. The number of fused-ring (bicyclic) bond motifs is 1. The van der Waals surface area contributed by atoms with Crippen molar-refractivity contribution < 1.29 is 23.5 Å². The molecule has 0 aliphatic rings. The Hall–Kier alpha value is -2.63. The van der Waals surface area contributed by atoms with Crippen molar-refractivity contribution in [2.45, 2.75) is 13.8 Å². The Kier molecular flexibility index (Phi) is 3.33. The third-order valence-electron chi connectivity index (χ3n) is 2.19. The van der Waals surface area contributed by atoms with E-state index in [0.29, 0.717) is 5.39 Å². The van der Waals surface area contributed by atoms with Gasteiger partial charge in [0.25, 0.3) is 0 Å². The van der Waals surface area contributed by atoms with E-state index in [2.05, 4.69) is 0 Å². The molecule has 0 fully saturated rings. The molecule has 0 aliphatic heterocycles. The van der Waals surface area contributed by atoms with Crippen molar-refractivity contribution in [3.05, 3.63) is 34.7 Å². The van der Waals surface area contributed by atoms with Gasteiger partial charge in [-0.3, -0.25) is 9.59 Å². The molecule has 1 aromatic carbocycles. The molecule has 0 atom stereocenters. The molecule has 1 heterocycles. The zero-order valence-electron chi connectivity index (χ0n) is 10.3. The number of hydrogen-bond donors (Lipinski definition) is 0. The molecule has 2 rings (SSSR count). The quantitative estimate of drug-likeness (QED) is 0.465. The van der Waals surface area contributed by atoms with Crippen molar-refractivity contribution in [2.24, 2.45) is 0 Å². The molecule has 19 heavy (non-hydrogen) atoms. The first-order chi connectivity index (χ1) is 8.95. The van der Waals surface area contributed by atoms with Crippen LogP contribution in [0.4, 0.5) is 0 Å². The fourth-order valence-corrected chi connectivity index (χ4v) is 1.58. The predicted octanol–water partition coefficient (Wildman–Crippen LogP) is 1.64. The highest BCUT2D eigenvalue weighted by Gasteiger charge is 2.10. The number of benzene rings is 1. The fraction of sp³-hybridized carbons (Fsp3) is 0.154. The summed E-state index contributed by atoms with van der Waals surface area (Å²) in [5.74, 6) is -0.690. The van der Waals surface area contributed by atoms with E-state index in [9.17, 15) is 14.4 Å². The van der Waals surface area contributed by atoms with Crippen LogP contribution in [0.5, 0.6) is 11.5 Å². The first kappa shape index (κ1) is 12.8. The van der Waals surface area contributed by atoms with Gasteiger partial charge in [-0.2, -0.15) is 0 Å². The molecule has 0 saturated carbocycles. The zero-order chi connectivity index (χ0) is 14.0. The van der Waals surface area contributed by atoms with E-state index in [0.717, 1.165) is 6.07 Å². The summed E-state index contributed by atoms with van der Waals surface area (Å²) in [6.07, 6.45) is 0. The van der Waals surface area contributed by atoms with Gasteiger partial charge >= 0.3 is 17.6 Å². The monoisotopic (exact) mass is 262 g/mol. The van der Waals surface area contributed by atoms with Gasteiger partial charge in [0.2, 0.25) is 0 Å². The molecule has 0 radical (unpaired) electrons. The van der Waals surface area contributed by atoms with Crippen LogP contribution in [0, 0.1) is 0 Å². The Morgan fingerprint density at radius 1 is 1.05 bits per heavy atom. The molecule has 6 nitrogen and oxygen atoms in total. The molecule has 98 valence electrons. The topological polar surface area (TPSA) is 82.8 Å². The molecule has 0 N–H and O–H groups in total. The molecule has 2 aromatic rings. The van der Waals surface area contributed by atoms with Gasteiger partial charge in [-0.1, -0.05) is 0 Å². The summed E-state index contributed by atoms with van der Waals surface area (Å²) in [5, 5.41) is 0.436. The van der Waals surface area contributed by atoms with Crippen LogP contribution in [0.15, 0.2) is 33.5 Å². The maximum Gasteiger partial charge on any atom is 0.339 e. The summed E-state index contributed by atoms with van der Waals surface area (Å²) in [6, 6.07) is 5.51. The minimum absolute atomic E-state index is 0.105. The summed E-state index contributed by atoms with van der Waals surface area (Å²) < 4.78 is 14.8. The SMILES string of the molecule is CC(=O)Oc1ccc2c(OC(C)=O)cc(=O)oc2c1. The van der Waals surface area contributed by atoms with Gasteiger partial charge in [-0.05, 0) is 12.1 Å². The van der Waals surface area contributed by atoms with E-state index in [4.69, 9.17) is 13.9 Å². The second kappa shape index (κ2) is 4.93. The van der Waals surface area contributed by atoms with E-state index >= 15 is 0 Å². The highest BCUT2D eigenvalue weighted by atomic mass is 16.5. The Morgan fingerprint density at radius 2 is 1.74 bits per heavy atom. The Balaban J connectivity index is 2.57. The first-order valence-electron chi connectivity index (χ1n) is 5.40. The van der Waals surface area contributed by atoms with E-state index in [1.165, 1.54) is 32.0 Å². The van der Waals surface area contributed by atoms with Crippen LogP contribution in [0.3, 0.4) is 0 Å². The average Bonchev–Trinajstić information content (AvgIpc) is 2.26. The number of rotatable bonds is 2. The lowest BCUT2D eigenvalue weighted by Gasteiger charge is -2.06. The molecular formula is C13H10O6.